The van der Waals surface area contributed by atoms with E-state index in [0.29, 0.717) is 0 Å². The third kappa shape index (κ3) is 2.05. The Kier molecular flexibility index (Phi) is 2.51. The number of aromatic amines is 1. The zero-order valence-electron chi connectivity index (χ0n) is 8.20. The molecule has 0 aliphatic carbocycles. The molecule has 6 N–H and O–H groups in total. The summed E-state index contributed by atoms with van der Waals surface area (Å²) in [5, 5.41) is 0. The Morgan fingerprint density at radius 2 is 1.93 bits per heavy atom. The smallest absolute Gasteiger partial charge is 0.290 e. The quantitative estimate of drug-likeness (QED) is 0.386. The van der Waals surface area contributed by atoms with Crippen LogP contribution in [-0.2, 0) is 0 Å². The maximum absolute atomic E-state index is 5.71. The Hall–Kier alpha value is -2.07. The third-order valence-electron chi connectivity index (χ3n) is 2.19. The van der Waals surface area contributed by atoms with E-state index < -0.39 is 0 Å². The largest absolute Gasteiger partial charge is 0.399 e. The normalized spacial score (nSPS) is 9.93. The van der Waals surface area contributed by atoms with E-state index in [1.54, 1.807) is 0 Å². The van der Waals surface area contributed by atoms with Crippen LogP contribution in [0.15, 0.2) is 42.6 Å². The molecule has 2 rings (SSSR count). The van der Waals surface area contributed by atoms with E-state index in [9.17, 15) is 0 Å². The lowest BCUT2D eigenvalue weighted by Crippen LogP contribution is -2.17. The molecule has 0 saturated carbocycles. The summed E-state index contributed by atoms with van der Waals surface area (Å²) in [7, 11) is 0. The maximum atomic E-state index is 5.71. The lowest BCUT2D eigenvalue weighted by molar-refractivity contribution is -0.360. The van der Waals surface area contributed by atoms with Crippen molar-refractivity contribution in [3.63, 3.8) is 0 Å². The Labute approximate surface area is 87.9 Å². The van der Waals surface area contributed by atoms with Crippen molar-refractivity contribution < 1.29 is 4.98 Å². The lowest BCUT2D eigenvalue weighted by Gasteiger charge is -2.01. The Bertz CT molecular complexity index is 450. The second-order valence-corrected chi connectivity index (χ2v) is 3.26. The van der Waals surface area contributed by atoms with Crippen molar-refractivity contribution in [3.8, 4) is 11.1 Å². The zero-order chi connectivity index (χ0) is 10.7. The highest BCUT2D eigenvalue weighted by atomic mass is 15.2. The minimum absolute atomic E-state index is 0.758. The van der Waals surface area contributed by atoms with Gasteiger partial charge in [0.1, 0.15) is 0 Å². The molecule has 0 bridgehead atoms. The number of rotatable bonds is 2. The van der Waals surface area contributed by atoms with Gasteiger partial charge in [0, 0.05) is 17.3 Å². The fourth-order valence-electron chi connectivity index (χ4n) is 1.41. The number of anilines is 2. The Balaban J connectivity index is 2.37. The van der Waals surface area contributed by atoms with Crippen LogP contribution in [0, 0.1) is 0 Å². The predicted molar refractivity (Wildman–Crippen MR) is 60.7 cm³/mol. The SMILES string of the molecule is NNc1ccc(-c2cccc(N)c2)c[nH+]1. The average Bonchev–Trinajstić information content (AvgIpc) is 2.29. The van der Waals surface area contributed by atoms with Gasteiger partial charge in [0.05, 0.1) is 6.20 Å². The highest BCUT2D eigenvalue weighted by molar-refractivity contribution is 5.66. The van der Waals surface area contributed by atoms with Gasteiger partial charge in [0.15, 0.2) is 0 Å². The molecule has 76 valence electrons. The fraction of sp³-hybridized carbons (Fsp3) is 0. The van der Waals surface area contributed by atoms with Gasteiger partial charge in [-0.15, -0.1) is 0 Å². The van der Waals surface area contributed by atoms with Crippen LogP contribution >= 0.6 is 0 Å². The summed E-state index contributed by atoms with van der Waals surface area (Å²) < 4.78 is 0. The molecule has 0 unspecified atom stereocenters. The van der Waals surface area contributed by atoms with E-state index in [1.165, 1.54) is 0 Å². The van der Waals surface area contributed by atoms with Crippen LogP contribution in [0.25, 0.3) is 11.1 Å². The monoisotopic (exact) mass is 201 g/mol. The molecule has 0 amide bonds. The van der Waals surface area contributed by atoms with Gasteiger partial charge in [-0.2, -0.15) is 11.3 Å². The van der Waals surface area contributed by atoms with E-state index >= 15 is 0 Å². The van der Waals surface area contributed by atoms with Crippen molar-refractivity contribution in [3.05, 3.63) is 42.6 Å². The summed E-state index contributed by atoms with van der Waals surface area (Å²) in [6.07, 6.45) is 1.88. The van der Waals surface area contributed by atoms with Crippen LogP contribution in [0.1, 0.15) is 0 Å². The molecule has 15 heavy (non-hydrogen) atoms. The first-order valence-electron chi connectivity index (χ1n) is 4.64. The van der Waals surface area contributed by atoms with Crippen molar-refractivity contribution in [2.75, 3.05) is 11.2 Å². The summed E-state index contributed by atoms with van der Waals surface area (Å²) in [6.45, 7) is 0. The van der Waals surface area contributed by atoms with E-state index in [2.05, 4.69) is 10.4 Å². The van der Waals surface area contributed by atoms with Crippen LogP contribution in [0.5, 0.6) is 0 Å². The molecule has 1 aromatic heterocycles. The number of nitrogens with one attached hydrogen (secondary N) is 2. The number of pyridine rings is 1. The Morgan fingerprint density at radius 1 is 1.07 bits per heavy atom. The topological polar surface area (TPSA) is 78.2 Å². The maximum Gasteiger partial charge on any atom is 0.290 e. The van der Waals surface area contributed by atoms with Gasteiger partial charge < -0.3 is 5.73 Å². The van der Waals surface area contributed by atoms with E-state index in [-0.39, 0.29) is 0 Å². The molecule has 0 fully saturated rings. The van der Waals surface area contributed by atoms with Gasteiger partial charge in [0.2, 0.25) is 0 Å². The van der Waals surface area contributed by atoms with Crippen molar-refractivity contribution in [1.29, 1.82) is 0 Å². The number of hydrazine groups is 1. The van der Waals surface area contributed by atoms with Crippen molar-refractivity contribution in [1.82, 2.24) is 0 Å². The van der Waals surface area contributed by atoms with Gasteiger partial charge in [-0.1, -0.05) is 12.1 Å². The summed E-state index contributed by atoms with van der Waals surface area (Å²) in [4.78, 5) is 3.03. The summed E-state index contributed by atoms with van der Waals surface area (Å²) in [5.74, 6) is 6.03. The first kappa shape index (κ1) is 9.48. The Morgan fingerprint density at radius 3 is 2.53 bits per heavy atom. The van der Waals surface area contributed by atoms with Gasteiger partial charge >= 0.3 is 0 Å². The van der Waals surface area contributed by atoms with Gasteiger partial charge in [0.25, 0.3) is 5.82 Å². The molecule has 0 aliphatic heterocycles. The lowest BCUT2D eigenvalue weighted by atomic mass is 10.1. The van der Waals surface area contributed by atoms with Crippen molar-refractivity contribution in [2.45, 2.75) is 0 Å². The summed E-state index contributed by atoms with van der Waals surface area (Å²) in [5.41, 5.74) is 11.2. The van der Waals surface area contributed by atoms with Gasteiger partial charge in [-0.3, -0.25) is 0 Å². The number of nitrogens with two attached hydrogens (primary N) is 2. The molecule has 0 aliphatic rings. The average molecular weight is 201 g/mol. The highest BCUT2D eigenvalue weighted by Crippen LogP contribution is 2.19. The molecule has 1 aromatic carbocycles. The first-order valence-corrected chi connectivity index (χ1v) is 4.64. The minimum Gasteiger partial charge on any atom is -0.399 e. The van der Waals surface area contributed by atoms with E-state index in [4.69, 9.17) is 11.6 Å². The summed E-state index contributed by atoms with van der Waals surface area (Å²) in [6, 6.07) is 11.6. The van der Waals surface area contributed by atoms with Crippen LogP contribution in [0.3, 0.4) is 0 Å². The minimum atomic E-state index is 0.758. The van der Waals surface area contributed by atoms with Crippen LogP contribution in [0.4, 0.5) is 11.5 Å². The zero-order valence-corrected chi connectivity index (χ0v) is 8.20. The number of hydrogen-bond donors (Lipinski definition) is 3. The summed E-state index contributed by atoms with van der Waals surface area (Å²) >= 11 is 0. The molecular formula is C11H13N4+. The molecule has 2 aromatic rings. The standard InChI is InChI=1S/C11H12N4/c12-10-3-1-2-8(6-10)9-4-5-11(15-13)14-7-9/h1-7H,12-13H2,(H,14,15)/p+1. The van der Waals surface area contributed by atoms with E-state index in [0.717, 1.165) is 22.6 Å². The number of aromatic nitrogens is 1. The molecular weight excluding hydrogens is 188 g/mol. The second kappa shape index (κ2) is 3.98. The van der Waals surface area contributed by atoms with Crippen LogP contribution in [-0.4, -0.2) is 0 Å². The molecule has 0 saturated heterocycles. The van der Waals surface area contributed by atoms with E-state index in [1.807, 2.05) is 42.6 Å². The number of nitrogen functional groups attached to an aromatic ring is 2. The third-order valence-corrected chi connectivity index (χ3v) is 2.19. The van der Waals surface area contributed by atoms with Gasteiger partial charge in [-0.25, -0.2) is 4.98 Å². The number of benzene rings is 1. The molecule has 4 heteroatoms. The second-order valence-electron chi connectivity index (χ2n) is 3.26. The van der Waals surface area contributed by atoms with Crippen LogP contribution < -0.4 is 22.0 Å². The number of hydrogen-bond acceptors (Lipinski definition) is 3. The fourth-order valence-corrected chi connectivity index (χ4v) is 1.41. The van der Waals surface area contributed by atoms with Crippen molar-refractivity contribution in [2.24, 2.45) is 5.84 Å². The van der Waals surface area contributed by atoms with Crippen molar-refractivity contribution >= 4 is 11.5 Å². The van der Waals surface area contributed by atoms with Gasteiger partial charge in [-0.05, 0) is 23.8 Å². The van der Waals surface area contributed by atoms with Crippen LogP contribution in [0.2, 0.25) is 0 Å². The molecule has 0 spiro atoms. The molecule has 4 nitrogen and oxygen atoms in total. The molecule has 0 radical (unpaired) electrons. The number of H-pyrrole nitrogens is 1. The predicted octanol–water partition coefficient (Wildman–Crippen LogP) is 1.04. The molecule has 0 atom stereocenters. The molecule has 1 heterocycles. The highest BCUT2D eigenvalue weighted by Gasteiger charge is 2.01. The first-order chi connectivity index (χ1) is 7.29.